The molecule has 2 rings (SSSR count). The van der Waals surface area contributed by atoms with E-state index >= 15 is 0 Å². The number of aliphatic hydroxyl groups excluding tert-OH is 1. The molecular formula is C11H11F3O2. The number of fused-ring (bicyclic) bond motifs is 1. The van der Waals surface area contributed by atoms with Gasteiger partial charge in [-0.05, 0) is 24.1 Å². The molecule has 0 spiro atoms. The van der Waals surface area contributed by atoms with E-state index in [0.717, 1.165) is 17.7 Å². The lowest BCUT2D eigenvalue weighted by atomic mass is 9.96. The average molecular weight is 232 g/mol. The molecule has 1 N–H and O–H groups in total. The van der Waals surface area contributed by atoms with Crippen molar-refractivity contribution in [2.75, 3.05) is 13.2 Å². The quantitative estimate of drug-likeness (QED) is 0.804. The molecule has 1 aromatic rings. The summed E-state index contributed by atoms with van der Waals surface area (Å²) in [5.74, 6) is 0.253. The molecule has 0 aromatic heterocycles. The molecule has 1 aliphatic heterocycles. The summed E-state index contributed by atoms with van der Waals surface area (Å²) in [6.07, 6.45) is -3.78. The van der Waals surface area contributed by atoms with Gasteiger partial charge in [0.2, 0.25) is 0 Å². The molecule has 5 heteroatoms. The molecule has 0 amide bonds. The molecule has 0 fully saturated rings. The van der Waals surface area contributed by atoms with Crippen molar-refractivity contribution in [1.82, 2.24) is 0 Å². The van der Waals surface area contributed by atoms with Gasteiger partial charge in [0.1, 0.15) is 5.75 Å². The van der Waals surface area contributed by atoms with Gasteiger partial charge in [-0.25, -0.2) is 0 Å². The molecule has 1 aromatic carbocycles. The fraction of sp³-hybridized carbons (Fsp3) is 0.455. The van der Waals surface area contributed by atoms with Crippen molar-refractivity contribution in [2.24, 2.45) is 5.92 Å². The lowest BCUT2D eigenvalue weighted by Crippen LogP contribution is -2.24. The highest BCUT2D eigenvalue weighted by atomic mass is 19.4. The number of ether oxygens (including phenoxy) is 1. The number of aliphatic hydroxyl groups is 1. The minimum atomic E-state index is -4.34. The number of halogens is 3. The molecule has 0 radical (unpaired) electrons. The van der Waals surface area contributed by atoms with Gasteiger partial charge in [-0.3, -0.25) is 0 Å². The van der Waals surface area contributed by atoms with Crippen molar-refractivity contribution in [1.29, 1.82) is 0 Å². The van der Waals surface area contributed by atoms with E-state index in [4.69, 9.17) is 9.84 Å². The first kappa shape index (κ1) is 11.3. The van der Waals surface area contributed by atoms with Crippen LogP contribution in [0.2, 0.25) is 0 Å². The van der Waals surface area contributed by atoms with E-state index in [9.17, 15) is 13.2 Å². The second-order valence-corrected chi connectivity index (χ2v) is 3.88. The fourth-order valence-electron chi connectivity index (χ4n) is 1.73. The summed E-state index contributed by atoms with van der Waals surface area (Å²) >= 11 is 0. The van der Waals surface area contributed by atoms with E-state index in [-0.39, 0.29) is 24.9 Å². The van der Waals surface area contributed by atoms with Gasteiger partial charge >= 0.3 is 6.18 Å². The molecular weight excluding hydrogens is 221 g/mol. The Morgan fingerprint density at radius 1 is 1.38 bits per heavy atom. The van der Waals surface area contributed by atoms with E-state index in [1.165, 1.54) is 6.07 Å². The Kier molecular flexibility index (Phi) is 2.80. The van der Waals surface area contributed by atoms with Crippen LogP contribution in [0.15, 0.2) is 18.2 Å². The highest BCUT2D eigenvalue weighted by molar-refractivity contribution is 5.40. The van der Waals surface area contributed by atoms with Gasteiger partial charge in [0.25, 0.3) is 0 Å². The number of hydrogen-bond donors (Lipinski definition) is 1. The van der Waals surface area contributed by atoms with Crippen LogP contribution in [0, 0.1) is 5.92 Å². The maximum absolute atomic E-state index is 12.4. The number of hydrogen-bond acceptors (Lipinski definition) is 2. The van der Waals surface area contributed by atoms with Gasteiger partial charge in [-0.2, -0.15) is 13.2 Å². The van der Waals surface area contributed by atoms with Gasteiger partial charge in [-0.15, -0.1) is 0 Å². The van der Waals surface area contributed by atoms with Crippen LogP contribution in [0.3, 0.4) is 0 Å². The van der Waals surface area contributed by atoms with Gasteiger partial charge in [0, 0.05) is 12.5 Å². The Bertz CT molecular complexity index is 387. The van der Waals surface area contributed by atoms with Crippen molar-refractivity contribution in [3.8, 4) is 5.75 Å². The van der Waals surface area contributed by atoms with Gasteiger partial charge in [0.15, 0.2) is 0 Å². The fourth-order valence-corrected chi connectivity index (χ4v) is 1.73. The Morgan fingerprint density at radius 2 is 2.12 bits per heavy atom. The Morgan fingerprint density at radius 3 is 2.75 bits per heavy atom. The second-order valence-electron chi connectivity index (χ2n) is 3.88. The van der Waals surface area contributed by atoms with E-state index in [1.807, 2.05) is 0 Å². The lowest BCUT2D eigenvalue weighted by molar-refractivity contribution is -0.137. The standard InChI is InChI=1S/C11H11F3O2/c12-11(13,14)9-2-1-8-3-7(5-15)6-16-10(8)4-9/h1-2,4,7,15H,3,5-6H2. The predicted molar refractivity (Wildman–Crippen MR) is 51.2 cm³/mol. The maximum atomic E-state index is 12.4. The third kappa shape index (κ3) is 2.14. The minimum Gasteiger partial charge on any atom is -0.493 e. The largest absolute Gasteiger partial charge is 0.493 e. The SMILES string of the molecule is OCC1COc2cc(C(F)(F)F)ccc2C1. The molecule has 0 bridgehead atoms. The smallest absolute Gasteiger partial charge is 0.416 e. The Labute approximate surface area is 90.7 Å². The van der Waals surface area contributed by atoms with Crippen LogP contribution in [0.5, 0.6) is 5.75 Å². The summed E-state index contributed by atoms with van der Waals surface area (Å²) in [7, 11) is 0. The zero-order valence-electron chi connectivity index (χ0n) is 8.42. The molecule has 2 nitrogen and oxygen atoms in total. The maximum Gasteiger partial charge on any atom is 0.416 e. The van der Waals surface area contributed by atoms with Crippen molar-refractivity contribution >= 4 is 0 Å². The van der Waals surface area contributed by atoms with E-state index in [0.29, 0.717) is 6.42 Å². The summed E-state index contributed by atoms with van der Waals surface area (Å²) in [4.78, 5) is 0. The number of alkyl halides is 3. The highest BCUT2D eigenvalue weighted by Gasteiger charge is 2.32. The molecule has 16 heavy (non-hydrogen) atoms. The van der Waals surface area contributed by atoms with Crippen molar-refractivity contribution in [3.05, 3.63) is 29.3 Å². The van der Waals surface area contributed by atoms with E-state index < -0.39 is 11.7 Å². The van der Waals surface area contributed by atoms with Crippen LogP contribution in [-0.2, 0) is 12.6 Å². The average Bonchev–Trinajstić information content (AvgIpc) is 2.26. The third-order valence-electron chi connectivity index (χ3n) is 2.64. The van der Waals surface area contributed by atoms with Gasteiger partial charge in [0.05, 0.1) is 12.2 Å². The molecule has 1 aliphatic rings. The first-order chi connectivity index (χ1) is 7.50. The minimum absolute atomic E-state index is 0.0134. The normalized spacial score (nSPS) is 20.1. The summed E-state index contributed by atoms with van der Waals surface area (Å²) in [6.45, 7) is 0.255. The molecule has 0 aliphatic carbocycles. The third-order valence-corrected chi connectivity index (χ3v) is 2.64. The van der Waals surface area contributed by atoms with Gasteiger partial charge < -0.3 is 9.84 Å². The van der Waals surface area contributed by atoms with E-state index in [1.54, 1.807) is 0 Å². The summed E-state index contributed by atoms with van der Waals surface area (Å²) in [5, 5.41) is 8.94. The Balaban J connectivity index is 2.28. The Hall–Kier alpha value is -1.23. The highest BCUT2D eigenvalue weighted by Crippen LogP contribution is 2.35. The monoisotopic (exact) mass is 232 g/mol. The molecule has 1 heterocycles. The summed E-state index contributed by atoms with van der Waals surface area (Å²) in [6, 6.07) is 3.48. The zero-order valence-corrected chi connectivity index (χ0v) is 8.42. The number of benzene rings is 1. The molecule has 88 valence electrons. The van der Waals surface area contributed by atoms with Crippen LogP contribution < -0.4 is 4.74 Å². The first-order valence-corrected chi connectivity index (χ1v) is 4.94. The zero-order chi connectivity index (χ0) is 11.8. The predicted octanol–water partition coefficient (Wildman–Crippen LogP) is 2.25. The lowest BCUT2D eigenvalue weighted by Gasteiger charge is -2.24. The summed E-state index contributed by atoms with van der Waals surface area (Å²) < 4.78 is 42.4. The van der Waals surface area contributed by atoms with Crippen LogP contribution in [0.25, 0.3) is 0 Å². The molecule has 0 saturated carbocycles. The second kappa shape index (κ2) is 3.97. The van der Waals surface area contributed by atoms with Gasteiger partial charge in [-0.1, -0.05) is 6.07 Å². The van der Waals surface area contributed by atoms with Crippen LogP contribution >= 0.6 is 0 Å². The van der Waals surface area contributed by atoms with Crippen LogP contribution in [0.4, 0.5) is 13.2 Å². The first-order valence-electron chi connectivity index (χ1n) is 4.94. The molecule has 1 unspecified atom stereocenters. The molecule has 1 atom stereocenters. The topological polar surface area (TPSA) is 29.5 Å². The molecule has 0 saturated heterocycles. The van der Waals surface area contributed by atoms with Crippen molar-refractivity contribution in [2.45, 2.75) is 12.6 Å². The number of rotatable bonds is 1. The van der Waals surface area contributed by atoms with Crippen LogP contribution in [0.1, 0.15) is 11.1 Å². The van der Waals surface area contributed by atoms with Crippen LogP contribution in [-0.4, -0.2) is 18.3 Å². The van der Waals surface area contributed by atoms with Crippen molar-refractivity contribution < 1.29 is 23.0 Å². The summed E-state index contributed by atoms with van der Waals surface area (Å²) in [5.41, 5.74) is 0.0204. The van der Waals surface area contributed by atoms with Crippen molar-refractivity contribution in [3.63, 3.8) is 0 Å². The van der Waals surface area contributed by atoms with E-state index in [2.05, 4.69) is 0 Å².